The zero-order chi connectivity index (χ0) is 13.3. The molecule has 1 aromatic carbocycles. The molecule has 0 aliphatic carbocycles. The molecule has 4 nitrogen and oxygen atoms in total. The van der Waals surface area contributed by atoms with Crippen LogP contribution < -0.4 is 5.73 Å². The van der Waals surface area contributed by atoms with Gasteiger partial charge in [0.15, 0.2) is 0 Å². The van der Waals surface area contributed by atoms with E-state index in [-0.39, 0.29) is 23.6 Å². The Bertz CT molecular complexity index is 569. The molecule has 0 atom stereocenters. The molecule has 0 saturated heterocycles. The molecule has 0 saturated carbocycles. The summed E-state index contributed by atoms with van der Waals surface area (Å²) in [5.74, 6) is 0.696. The first-order valence-electron chi connectivity index (χ1n) is 5.75. The summed E-state index contributed by atoms with van der Waals surface area (Å²) in [6, 6.07) is 4.72. The van der Waals surface area contributed by atoms with Crippen LogP contribution >= 0.6 is 12.4 Å². The maximum atomic E-state index is 13.2. The molecule has 1 aromatic heterocycles. The molecule has 0 spiro atoms. The van der Waals surface area contributed by atoms with Crippen LogP contribution in [0, 0.1) is 12.7 Å². The van der Waals surface area contributed by atoms with Crippen LogP contribution in [0.25, 0.3) is 11.4 Å². The minimum atomic E-state index is -0.361. The number of halogens is 2. The summed E-state index contributed by atoms with van der Waals surface area (Å²) in [4.78, 5) is 4.31. The van der Waals surface area contributed by atoms with E-state index >= 15 is 0 Å². The summed E-state index contributed by atoms with van der Waals surface area (Å²) < 4.78 is 18.4. The third-order valence-electron chi connectivity index (χ3n) is 2.93. The average molecular weight is 286 g/mol. The third kappa shape index (κ3) is 3.11. The van der Waals surface area contributed by atoms with Crippen molar-refractivity contribution >= 4 is 12.4 Å². The smallest absolute Gasteiger partial charge is 0.233 e. The Morgan fingerprint density at radius 1 is 1.37 bits per heavy atom. The quantitative estimate of drug-likeness (QED) is 0.942. The Balaban J connectivity index is 0.00000180. The molecule has 2 aromatic rings. The lowest BCUT2D eigenvalue weighted by Crippen LogP contribution is -2.28. The van der Waals surface area contributed by atoms with Crippen LogP contribution in [0.1, 0.15) is 25.3 Å². The van der Waals surface area contributed by atoms with E-state index in [0.29, 0.717) is 23.8 Å². The number of hydrogen-bond acceptors (Lipinski definition) is 4. The number of nitrogens with zero attached hydrogens (tertiary/aromatic N) is 2. The van der Waals surface area contributed by atoms with E-state index in [0.717, 1.165) is 5.56 Å². The topological polar surface area (TPSA) is 64.9 Å². The van der Waals surface area contributed by atoms with Crippen molar-refractivity contribution in [3.8, 4) is 11.4 Å². The number of aryl methyl sites for hydroxylation is 1. The normalized spacial score (nSPS) is 11.2. The van der Waals surface area contributed by atoms with Gasteiger partial charge in [-0.05, 0) is 44.5 Å². The van der Waals surface area contributed by atoms with Gasteiger partial charge < -0.3 is 10.3 Å². The van der Waals surface area contributed by atoms with Crippen LogP contribution in [0.3, 0.4) is 0 Å². The highest BCUT2D eigenvalue weighted by molar-refractivity contribution is 5.85. The van der Waals surface area contributed by atoms with Crippen molar-refractivity contribution in [3.63, 3.8) is 0 Å². The largest absolute Gasteiger partial charge is 0.338 e. The summed E-state index contributed by atoms with van der Waals surface area (Å²) in [6.45, 7) is 5.97. The third-order valence-corrected chi connectivity index (χ3v) is 2.93. The molecule has 0 aliphatic heterocycles. The first-order valence-corrected chi connectivity index (χ1v) is 5.75. The highest BCUT2D eigenvalue weighted by atomic mass is 35.5. The zero-order valence-electron chi connectivity index (χ0n) is 11.1. The Morgan fingerprint density at radius 3 is 2.63 bits per heavy atom. The predicted molar refractivity (Wildman–Crippen MR) is 73.8 cm³/mol. The highest BCUT2D eigenvalue weighted by Crippen LogP contribution is 2.24. The lowest BCUT2D eigenvalue weighted by atomic mass is 9.94. The molecule has 6 heteroatoms. The summed E-state index contributed by atoms with van der Waals surface area (Å²) >= 11 is 0. The highest BCUT2D eigenvalue weighted by Gasteiger charge is 2.26. The van der Waals surface area contributed by atoms with Crippen LogP contribution in [-0.4, -0.2) is 16.7 Å². The molecule has 0 bridgehead atoms. The molecule has 1 heterocycles. The van der Waals surface area contributed by atoms with Gasteiger partial charge in [-0.2, -0.15) is 4.98 Å². The van der Waals surface area contributed by atoms with Gasteiger partial charge in [0.1, 0.15) is 5.82 Å². The summed E-state index contributed by atoms with van der Waals surface area (Å²) in [5, 5.41) is 3.91. The predicted octanol–water partition coefficient (Wildman–Crippen LogP) is 2.84. The van der Waals surface area contributed by atoms with Crippen LogP contribution in [0.5, 0.6) is 0 Å². The fraction of sp³-hybridized carbons (Fsp3) is 0.385. The molecule has 2 N–H and O–H groups in total. The summed E-state index contributed by atoms with van der Waals surface area (Å²) in [6.07, 6.45) is 0. The van der Waals surface area contributed by atoms with Gasteiger partial charge in [0.05, 0.1) is 5.41 Å². The van der Waals surface area contributed by atoms with E-state index in [1.165, 1.54) is 6.07 Å². The van der Waals surface area contributed by atoms with Gasteiger partial charge in [0.2, 0.25) is 11.7 Å². The lowest BCUT2D eigenvalue weighted by molar-refractivity contribution is 0.311. The van der Waals surface area contributed by atoms with Crippen molar-refractivity contribution in [2.24, 2.45) is 5.73 Å². The van der Waals surface area contributed by atoms with Gasteiger partial charge in [0, 0.05) is 12.1 Å². The number of rotatable bonds is 3. The van der Waals surface area contributed by atoms with Crippen LogP contribution in [0.4, 0.5) is 4.39 Å². The number of nitrogens with two attached hydrogens (primary N) is 1. The molecule has 0 fully saturated rings. The number of hydrogen-bond donors (Lipinski definition) is 1. The van der Waals surface area contributed by atoms with Crippen molar-refractivity contribution in [2.75, 3.05) is 6.54 Å². The second kappa shape index (κ2) is 5.67. The molecular weight excluding hydrogens is 269 g/mol. The standard InChI is InChI=1S/C13H16FN3O.ClH/c1-8-6-9(4-5-10(8)14)11-16-12(18-17-11)13(2,3)7-15;/h4-6H,7,15H2,1-3H3;1H. The first-order chi connectivity index (χ1) is 8.44. The second-order valence-electron chi connectivity index (χ2n) is 4.98. The molecule has 2 rings (SSSR count). The van der Waals surface area contributed by atoms with Crippen molar-refractivity contribution in [1.82, 2.24) is 10.1 Å². The Labute approximate surface area is 117 Å². The van der Waals surface area contributed by atoms with E-state index < -0.39 is 0 Å². The van der Waals surface area contributed by atoms with E-state index in [1.54, 1.807) is 19.1 Å². The van der Waals surface area contributed by atoms with Gasteiger partial charge >= 0.3 is 0 Å². The number of benzene rings is 1. The molecule has 104 valence electrons. The van der Waals surface area contributed by atoms with Gasteiger partial charge in [-0.15, -0.1) is 12.4 Å². The monoisotopic (exact) mass is 285 g/mol. The van der Waals surface area contributed by atoms with Gasteiger partial charge in [-0.3, -0.25) is 0 Å². The van der Waals surface area contributed by atoms with Crippen LogP contribution in [-0.2, 0) is 5.41 Å². The average Bonchev–Trinajstić information content (AvgIpc) is 2.83. The van der Waals surface area contributed by atoms with E-state index in [9.17, 15) is 4.39 Å². The minimum absolute atomic E-state index is 0. The lowest BCUT2D eigenvalue weighted by Gasteiger charge is -2.15. The molecule has 0 amide bonds. The summed E-state index contributed by atoms with van der Waals surface area (Å²) in [5.41, 5.74) is 6.58. The fourth-order valence-electron chi connectivity index (χ4n) is 1.49. The second-order valence-corrected chi connectivity index (χ2v) is 4.98. The van der Waals surface area contributed by atoms with Crippen molar-refractivity contribution in [1.29, 1.82) is 0 Å². The maximum Gasteiger partial charge on any atom is 0.233 e. The van der Waals surface area contributed by atoms with E-state index in [4.69, 9.17) is 10.3 Å². The van der Waals surface area contributed by atoms with Gasteiger partial charge in [-0.1, -0.05) is 5.16 Å². The van der Waals surface area contributed by atoms with Crippen molar-refractivity contribution in [2.45, 2.75) is 26.2 Å². The Hall–Kier alpha value is -1.46. The van der Waals surface area contributed by atoms with Crippen LogP contribution in [0.15, 0.2) is 22.7 Å². The Morgan fingerprint density at radius 2 is 2.05 bits per heavy atom. The van der Waals surface area contributed by atoms with Crippen molar-refractivity contribution < 1.29 is 8.91 Å². The SMILES string of the molecule is Cc1cc(-c2noc(C(C)(C)CN)n2)ccc1F.Cl. The molecule has 19 heavy (non-hydrogen) atoms. The van der Waals surface area contributed by atoms with E-state index in [1.807, 2.05) is 13.8 Å². The van der Waals surface area contributed by atoms with Crippen molar-refractivity contribution in [3.05, 3.63) is 35.5 Å². The first kappa shape index (κ1) is 15.6. The van der Waals surface area contributed by atoms with Crippen LogP contribution in [0.2, 0.25) is 0 Å². The van der Waals surface area contributed by atoms with E-state index in [2.05, 4.69) is 10.1 Å². The molecule has 0 aliphatic rings. The molecular formula is C13H17ClFN3O. The maximum absolute atomic E-state index is 13.2. The zero-order valence-corrected chi connectivity index (χ0v) is 11.9. The molecule has 0 unspecified atom stereocenters. The minimum Gasteiger partial charge on any atom is -0.338 e. The summed E-state index contributed by atoms with van der Waals surface area (Å²) in [7, 11) is 0. The van der Waals surface area contributed by atoms with Gasteiger partial charge in [0.25, 0.3) is 0 Å². The Kier molecular flexibility index (Phi) is 4.66. The number of aromatic nitrogens is 2. The molecule has 0 radical (unpaired) electrons. The van der Waals surface area contributed by atoms with Gasteiger partial charge in [-0.25, -0.2) is 4.39 Å². The fourth-order valence-corrected chi connectivity index (χ4v) is 1.49.